The van der Waals surface area contributed by atoms with Gasteiger partial charge in [-0.2, -0.15) is 0 Å². The lowest BCUT2D eigenvalue weighted by Crippen LogP contribution is -2.16. The molecule has 1 heterocycles. The topological polar surface area (TPSA) is 8.17 Å². The van der Waals surface area contributed by atoms with Gasteiger partial charge in [0.25, 0.3) is 0 Å². The fraction of sp³-hybridized carbons (Fsp3) is 0.0667. The normalized spacial score (nSPS) is 12.9. The van der Waals surface area contributed by atoms with Crippen LogP contribution in [0.3, 0.4) is 0 Å². The third kappa shape index (κ3) is 5.50. The van der Waals surface area contributed by atoms with Crippen molar-refractivity contribution in [2.75, 3.05) is 4.90 Å². The van der Waals surface area contributed by atoms with E-state index in [1.54, 1.807) is 0 Å². The van der Waals surface area contributed by atoms with Crippen LogP contribution in [-0.4, -0.2) is 4.57 Å². The third-order valence-electron chi connectivity index (χ3n) is 13.5. The molecule has 1 aliphatic rings. The maximum absolute atomic E-state index is 2.45. The van der Waals surface area contributed by atoms with Gasteiger partial charge in [-0.15, -0.1) is 0 Å². The molecule has 0 N–H and O–H groups in total. The number of hydrogen-bond donors (Lipinski definition) is 0. The van der Waals surface area contributed by atoms with Gasteiger partial charge in [-0.25, -0.2) is 0 Å². The van der Waals surface area contributed by atoms with Gasteiger partial charge in [0.05, 0.1) is 11.2 Å². The minimum absolute atomic E-state index is 0.125. The van der Waals surface area contributed by atoms with Gasteiger partial charge in [0, 0.05) is 45.9 Å². The monoisotopic (exact) mass is 792 g/mol. The largest absolute Gasteiger partial charge is 0.343 e. The van der Waals surface area contributed by atoms with E-state index < -0.39 is 0 Å². The number of aromatic nitrogens is 1. The van der Waals surface area contributed by atoms with Gasteiger partial charge in [0.2, 0.25) is 0 Å². The number of hydrogen-bond acceptors (Lipinski definition) is 1. The third-order valence-corrected chi connectivity index (χ3v) is 13.5. The van der Waals surface area contributed by atoms with Gasteiger partial charge in [0.1, 0.15) is 0 Å². The first-order chi connectivity index (χ1) is 30.4. The molecule has 294 valence electrons. The van der Waals surface area contributed by atoms with Crippen molar-refractivity contribution < 1.29 is 0 Å². The Morgan fingerprint density at radius 2 is 0.968 bits per heavy atom. The van der Waals surface area contributed by atoms with E-state index in [4.69, 9.17) is 0 Å². The lowest BCUT2D eigenvalue weighted by molar-refractivity contribution is 0.660. The molecule has 0 aliphatic heterocycles. The van der Waals surface area contributed by atoms with Crippen LogP contribution in [0.15, 0.2) is 212 Å². The smallest absolute Gasteiger partial charge is 0.0575 e. The van der Waals surface area contributed by atoms with E-state index >= 15 is 0 Å². The van der Waals surface area contributed by atoms with Crippen LogP contribution in [0.25, 0.3) is 87.9 Å². The highest BCUT2D eigenvalue weighted by Gasteiger charge is 2.36. The Labute approximate surface area is 362 Å². The van der Waals surface area contributed by atoms with Crippen molar-refractivity contribution in [2.24, 2.45) is 7.05 Å². The lowest BCUT2D eigenvalue weighted by atomic mass is 9.82. The summed E-state index contributed by atoms with van der Waals surface area (Å²) >= 11 is 0. The van der Waals surface area contributed by atoms with E-state index in [0.29, 0.717) is 0 Å². The molecule has 1 aromatic heterocycles. The van der Waals surface area contributed by atoms with Crippen LogP contribution in [0.4, 0.5) is 17.1 Å². The van der Waals surface area contributed by atoms with Crippen molar-refractivity contribution in [2.45, 2.75) is 19.3 Å². The summed E-state index contributed by atoms with van der Waals surface area (Å²) in [4.78, 5) is 2.45. The second-order valence-electron chi connectivity index (χ2n) is 17.4. The Balaban J connectivity index is 1.12. The number of anilines is 3. The number of fused-ring (bicyclic) bond motifs is 10. The van der Waals surface area contributed by atoms with E-state index in [2.05, 4.69) is 243 Å². The zero-order valence-electron chi connectivity index (χ0n) is 35.1. The first-order valence-electron chi connectivity index (χ1n) is 21.7. The number of aryl methyl sites for hydroxylation is 1. The summed E-state index contributed by atoms with van der Waals surface area (Å²) in [7, 11) is 2.25. The van der Waals surface area contributed by atoms with Gasteiger partial charge < -0.3 is 9.47 Å². The van der Waals surface area contributed by atoms with Gasteiger partial charge >= 0.3 is 0 Å². The van der Waals surface area contributed by atoms with Crippen LogP contribution in [-0.2, 0) is 12.5 Å². The summed E-state index contributed by atoms with van der Waals surface area (Å²) in [6.07, 6.45) is 0. The molecule has 1 aliphatic carbocycles. The molecule has 2 heteroatoms. The van der Waals surface area contributed by atoms with Crippen molar-refractivity contribution in [3.63, 3.8) is 0 Å². The average Bonchev–Trinajstić information content (AvgIpc) is 3.76. The van der Waals surface area contributed by atoms with Crippen molar-refractivity contribution in [3.8, 4) is 44.6 Å². The Morgan fingerprint density at radius 3 is 1.76 bits per heavy atom. The summed E-state index contributed by atoms with van der Waals surface area (Å²) in [6.45, 7) is 4.73. The standard InChI is InChI=1S/C60H44N2/c1-60(2)54-25-15-14-23-49(54)50-34-32-47(38-55(50)60)62(45-30-28-41(29-31-45)39-16-6-4-7-17-39)46-33-35-51-53(37-46)48-22-12-13-24-52(48)59-57(51)56(42-19-8-5-9-20-42)58(61(59)3)44-27-26-40-18-10-11-21-43(40)36-44/h4-38H,1-3H3. The van der Waals surface area contributed by atoms with Crippen LogP contribution in [0.1, 0.15) is 25.0 Å². The highest BCUT2D eigenvalue weighted by atomic mass is 15.1. The Hall–Kier alpha value is -7.68. The molecule has 0 radical (unpaired) electrons. The van der Waals surface area contributed by atoms with Crippen LogP contribution in [0.2, 0.25) is 0 Å². The van der Waals surface area contributed by atoms with Crippen molar-refractivity contribution >= 4 is 60.3 Å². The molecule has 0 spiro atoms. The molecule has 0 unspecified atom stereocenters. The van der Waals surface area contributed by atoms with Crippen LogP contribution in [0, 0.1) is 0 Å². The molecule has 0 saturated carbocycles. The minimum atomic E-state index is -0.125. The van der Waals surface area contributed by atoms with Crippen molar-refractivity contribution in [1.82, 2.24) is 4.57 Å². The predicted octanol–water partition coefficient (Wildman–Crippen LogP) is 16.4. The molecule has 11 aromatic rings. The number of nitrogens with zero attached hydrogens (tertiary/aromatic N) is 2. The molecule has 0 amide bonds. The van der Waals surface area contributed by atoms with E-state index in [-0.39, 0.29) is 5.41 Å². The minimum Gasteiger partial charge on any atom is -0.343 e. The summed E-state index contributed by atoms with van der Waals surface area (Å²) in [5.74, 6) is 0. The molecule has 10 aromatic carbocycles. The molecule has 0 atom stereocenters. The van der Waals surface area contributed by atoms with E-state index in [1.165, 1.54) is 99.0 Å². The molecule has 0 saturated heterocycles. The SMILES string of the molecule is Cn1c(-c2ccc3ccccc3c2)c(-c2ccccc2)c2c3ccc(N(c4ccc(-c5ccccc5)cc4)c4ccc5c(c4)C(C)(C)c4ccccc4-5)cc3c3ccccc3c21. The van der Waals surface area contributed by atoms with Gasteiger partial charge in [-0.05, 0) is 114 Å². The molecular formula is C60H44N2. The quantitative estimate of drug-likeness (QED) is 0.152. The second kappa shape index (κ2) is 13.9. The molecule has 12 rings (SSSR count). The maximum Gasteiger partial charge on any atom is 0.0575 e. The van der Waals surface area contributed by atoms with Gasteiger partial charge in [0.15, 0.2) is 0 Å². The highest BCUT2D eigenvalue weighted by molar-refractivity contribution is 6.30. The van der Waals surface area contributed by atoms with Crippen LogP contribution < -0.4 is 4.90 Å². The Bertz CT molecular complexity index is 3540. The summed E-state index contributed by atoms with van der Waals surface area (Å²) in [5, 5.41) is 8.73. The fourth-order valence-corrected chi connectivity index (χ4v) is 10.6. The number of rotatable bonds is 6. The molecule has 62 heavy (non-hydrogen) atoms. The summed E-state index contributed by atoms with van der Waals surface area (Å²) < 4.78 is 2.45. The first kappa shape index (κ1) is 36.2. The van der Waals surface area contributed by atoms with E-state index in [9.17, 15) is 0 Å². The van der Waals surface area contributed by atoms with Crippen LogP contribution >= 0.6 is 0 Å². The van der Waals surface area contributed by atoms with Crippen LogP contribution in [0.5, 0.6) is 0 Å². The molecule has 0 bridgehead atoms. The molecule has 2 nitrogen and oxygen atoms in total. The van der Waals surface area contributed by atoms with Crippen molar-refractivity contribution in [3.05, 3.63) is 223 Å². The lowest BCUT2D eigenvalue weighted by Gasteiger charge is -2.28. The van der Waals surface area contributed by atoms with E-state index in [0.717, 1.165) is 17.1 Å². The van der Waals surface area contributed by atoms with Gasteiger partial charge in [-0.1, -0.05) is 184 Å². The van der Waals surface area contributed by atoms with E-state index in [1.807, 2.05) is 0 Å². The maximum atomic E-state index is 2.45. The fourth-order valence-electron chi connectivity index (χ4n) is 10.6. The molecular weight excluding hydrogens is 749 g/mol. The average molecular weight is 793 g/mol. The molecule has 0 fully saturated rings. The summed E-state index contributed by atoms with van der Waals surface area (Å²) in [5.41, 5.74) is 17.2. The highest BCUT2D eigenvalue weighted by Crippen LogP contribution is 2.52. The zero-order valence-corrected chi connectivity index (χ0v) is 35.1. The zero-order chi connectivity index (χ0) is 41.5. The predicted molar refractivity (Wildman–Crippen MR) is 264 cm³/mol. The second-order valence-corrected chi connectivity index (χ2v) is 17.4. The Morgan fingerprint density at radius 1 is 0.387 bits per heavy atom. The van der Waals surface area contributed by atoms with Crippen molar-refractivity contribution in [1.29, 1.82) is 0 Å². The summed E-state index contributed by atoms with van der Waals surface area (Å²) in [6, 6.07) is 78.4. The van der Waals surface area contributed by atoms with Gasteiger partial charge in [-0.3, -0.25) is 0 Å². The number of benzene rings is 10. The Kier molecular flexibility index (Phi) is 8.14. The first-order valence-corrected chi connectivity index (χ1v) is 21.7.